The second kappa shape index (κ2) is 22.0. The third kappa shape index (κ3) is 21.1. The Morgan fingerprint density at radius 2 is 1.50 bits per heavy atom. The zero-order valence-electron chi connectivity index (χ0n) is 19.0. The Kier molecular flexibility index (Phi) is 20.8. The Bertz CT molecular complexity index is 478. The van der Waals surface area contributed by atoms with Gasteiger partial charge in [0.2, 0.25) is 5.91 Å². The number of carbonyl (C=O) groups is 2. The summed E-state index contributed by atoms with van der Waals surface area (Å²) in [5.41, 5.74) is 0. The van der Waals surface area contributed by atoms with Gasteiger partial charge in [-0.2, -0.15) is 0 Å². The Morgan fingerprint density at radius 3 is 2.13 bits per heavy atom. The standard InChI is InChI=1S/C24H44N2O4/c1-2-3-4-5-6-7-8-9-10-11-12-13-14-15-16-17-23(28)25-18-19-26(20-21-27)22-24(29)30/h6-7,9-10,27H,2-5,8,11-22H2,1H3,(H,25,28)(H,29,30)/b7-6-,10-9-. The van der Waals surface area contributed by atoms with Crippen LogP contribution in [-0.2, 0) is 9.59 Å². The topological polar surface area (TPSA) is 89.9 Å². The van der Waals surface area contributed by atoms with Crippen molar-refractivity contribution in [3.63, 3.8) is 0 Å². The predicted octanol–water partition coefficient (Wildman–Crippen LogP) is 4.30. The van der Waals surface area contributed by atoms with Gasteiger partial charge in [0, 0.05) is 26.1 Å². The molecule has 0 bridgehead atoms. The van der Waals surface area contributed by atoms with Crippen molar-refractivity contribution in [3.8, 4) is 0 Å². The number of nitrogens with zero attached hydrogens (tertiary/aromatic N) is 1. The Balaban J connectivity index is 3.49. The van der Waals surface area contributed by atoms with E-state index < -0.39 is 5.97 Å². The van der Waals surface area contributed by atoms with Crippen molar-refractivity contribution in [2.24, 2.45) is 0 Å². The molecular formula is C24H44N2O4. The van der Waals surface area contributed by atoms with Crippen molar-refractivity contribution in [2.45, 2.75) is 84.0 Å². The molecule has 0 fully saturated rings. The van der Waals surface area contributed by atoms with Gasteiger partial charge in [0.15, 0.2) is 0 Å². The molecule has 0 rings (SSSR count). The fourth-order valence-electron chi connectivity index (χ4n) is 3.14. The fraction of sp³-hybridized carbons (Fsp3) is 0.750. The number of amides is 1. The highest BCUT2D eigenvalue weighted by molar-refractivity contribution is 5.75. The van der Waals surface area contributed by atoms with E-state index in [0.717, 1.165) is 32.1 Å². The molecule has 0 saturated carbocycles. The number of nitrogens with one attached hydrogen (secondary N) is 1. The molecule has 0 aliphatic heterocycles. The van der Waals surface area contributed by atoms with Crippen LogP contribution in [0.25, 0.3) is 0 Å². The lowest BCUT2D eigenvalue weighted by Gasteiger charge is -2.19. The molecule has 0 aliphatic rings. The minimum Gasteiger partial charge on any atom is -0.480 e. The summed E-state index contributed by atoms with van der Waals surface area (Å²) in [6, 6.07) is 0. The molecular weight excluding hydrogens is 380 g/mol. The summed E-state index contributed by atoms with van der Waals surface area (Å²) >= 11 is 0. The van der Waals surface area contributed by atoms with Crippen LogP contribution in [0.4, 0.5) is 0 Å². The van der Waals surface area contributed by atoms with Crippen LogP contribution in [0.1, 0.15) is 84.0 Å². The van der Waals surface area contributed by atoms with E-state index in [2.05, 4.69) is 36.5 Å². The summed E-state index contributed by atoms with van der Waals surface area (Å²) in [6.07, 6.45) is 22.4. The van der Waals surface area contributed by atoms with E-state index in [-0.39, 0.29) is 19.1 Å². The first kappa shape index (κ1) is 28.3. The Morgan fingerprint density at radius 1 is 0.867 bits per heavy atom. The molecule has 0 aliphatic carbocycles. The first-order valence-corrected chi connectivity index (χ1v) is 11.7. The lowest BCUT2D eigenvalue weighted by molar-refractivity contribution is -0.138. The van der Waals surface area contributed by atoms with E-state index in [9.17, 15) is 9.59 Å². The Labute approximate surface area is 183 Å². The highest BCUT2D eigenvalue weighted by Gasteiger charge is 2.09. The number of rotatable bonds is 21. The fourth-order valence-corrected chi connectivity index (χ4v) is 3.14. The molecule has 0 radical (unpaired) electrons. The number of aliphatic hydroxyl groups excluding tert-OH is 1. The van der Waals surface area contributed by atoms with Gasteiger partial charge in [-0.05, 0) is 38.5 Å². The molecule has 0 atom stereocenters. The van der Waals surface area contributed by atoms with Crippen molar-refractivity contribution in [2.75, 3.05) is 32.8 Å². The van der Waals surface area contributed by atoms with Crippen LogP contribution in [0.15, 0.2) is 24.3 Å². The van der Waals surface area contributed by atoms with Crippen LogP contribution >= 0.6 is 0 Å². The van der Waals surface area contributed by atoms with Gasteiger partial charge in [-0.3, -0.25) is 14.5 Å². The summed E-state index contributed by atoms with van der Waals surface area (Å²) in [5, 5.41) is 20.6. The third-order valence-corrected chi connectivity index (χ3v) is 4.88. The third-order valence-electron chi connectivity index (χ3n) is 4.88. The molecule has 6 nitrogen and oxygen atoms in total. The lowest BCUT2D eigenvalue weighted by Crippen LogP contribution is -2.39. The summed E-state index contributed by atoms with van der Waals surface area (Å²) in [5.74, 6) is -0.917. The number of hydrogen-bond donors (Lipinski definition) is 3. The second-order valence-electron chi connectivity index (χ2n) is 7.72. The maximum atomic E-state index is 11.8. The highest BCUT2D eigenvalue weighted by atomic mass is 16.4. The zero-order chi connectivity index (χ0) is 22.3. The second-order valence-corrected chi connectivity index (χ2v) is 7.72. The van der Waals surface area contributed by atoms with E-state index >= 15 is 0 Å². The van der Waals surface area contributed by atoms with E-state index in [0.29, 0.717) is 26.1 Å². The molecule has 0 aromatic carbocycles. The molecule has 1 amide bonds. The van der Waals surface area contributed by atoms with Crippen molar-refractivity contribution in [1.82, 2.24) is 10.2 Å². The molecule has 0 heterocycles. The van der Waals surface area contributed by atoms with E-state index in [1.807, 2.05) is 0 Å². The largest absolute Gasteiger partial charge is 0.480 e. The average molecular weight is 425 g/mol. The van der Waals surface area contributed by atoms with Crippen LogP contribution in [-0.4, -0.2) is 59.8 Å². The lowest BCUT2D eigenvalue weighted by atomic mass is 10.1. The number of hydrogen-bond acceptors (Lipinski definition) is 4. The van der Waals surface area contributed by atoms with Crippen LogP contribution in [0.5, 0.6) is 0 Å². The molecule has 30 heavy (non-hydrogen) atoms. The minimum atomic E-state index is -0.931. The first-order chi connectivity index (χ1) is 14.6. The summed E-state index contributed by atoms with van der Waals surface area (Å²) in [7, 11) is 0. The molecule has 6 heteroatoms. The van der Waals surface area contributed by atoms with Crippen LogP contribution in [0, 0.1) is 0 Å². The van der Waals surface area contributed by atoms with E-state index in [4.69, 9.17) is 10.2 Å². The maximum Gasteiger partial charge on any atom is 0.317 e. The van der Waals surface area contributed by atoms with E-state index in [1.54, 1.807) is 4.90 Å². The van der Waals surface area contributed by atoms with Crippen LogP contribution in [0.2, 0.25) is 0 Å². The van der Waals surface area contributed by atoms with Crippen molar-refractivity contribution in [1.29, 1.82) is 0 Å². The number of carboxylic acid groups (broad SMARTS) is 1. The van der Waals surface area contributed by atoms with Gasteiger partial charge in [-0.1, -0.05) is 63.3 Å². The molecule has 0 unspecified atom stereocenters. The predicted molar refractivity (Wildman–Crippen MR) is 124 cm³/mol. The highest BCUT2D eigenvalue weighted by Crippen LogP contribution is 2.08. The number of carboxylic acids is 1. The van der Waals surface area contributed by atoms with E-state index in [1.165, 1.54) is 38.5 Å². The number of unbranched alkanes of at least 4 members (excludes halogenated alkanes) is 8. The summed E-state index contributed by atoms with van der Waals surface area (Å²) in [6.45, 7) is 3.15. The normalized spacial score (nSPS) is 11.7. The number of carbonyl (C=O) groups excluding carboxylic acids is 1. The maximum absolute atomic E-state index is 11.8. The Hall–Kier alpha value is -1.66. The van der Waals surface area contributed by atoms with Crippen LogP contribution in [0.3, 0.4) is 0 Å². The molecule has 0 spiro atoms. The quantitative estimate of drug-likeness (QED) is 0.189. The molecule has 0 saturated heterocycles. The van der Waals surface area contributed by atoms with Gasteiger partial charge in [-0.15, -0.1) is 0 Å². The average Bonchev–Trinajstić information content (AvgIpc) is 2.70. The van der Waals surface area contributed by atoms with Gasteiger partial charge in [0.1, 0.15) is 0 Å². The number of allylic oxidation sites excluding steroid dienone is 4. The van der Waals surface area contributed by atoms with Crippen molar-refractivity contribution >= 4 is 11.9 Å². The molecule has 0 aromatic rings. The number of aliphatic carboxylic acids is 1. The first-order valence-electron chi connectivity index (χ1n) is 11.7. The van der Waals surface area contributed by atoms with Gasteiger partial charge < -0.3 is 15.5 Å². The monoisotopic (exact) mass is 424 g/mol. The van der Waals surface area contributed by atoms with Gasteiger partial charge in [-0.25, -0.2) is 0 Å². The van der Waals surface area contributed by atoms with Crippen molar-refractivity contribution < 1.29 is 19.8 Å². The molecule has 3 N–H and O–H groups in total. The van der Waals surface area contributed by atoms with Crippen molar-refractivity contribution in [3.05, 3.63) is 24.3 Å². The summed E-state index contributed by atoms with van der Waals surface area (Å²) < 4.78 is 0. The SMILES string of the molecule is CCCCC/C=C\C/C=C\CCCCCCCC(=O)NCCN(CCO)CC(=O)O. The minimum absolute atomic E-state index is 0.0138. The number of aliphatic hydroxyl groups is 1. The molecule has 174 valence electrons. The summed E-state index contributed by atoms with van der Waals surface area (Å²) in [4.78, 5) is 24.2. The van der Waals surface area contributed by atoms with Gasteiger partial charge in [0.25, 0.3) is 0 Å². The smallest absolute Gasteiger partial charge is 0.317 e. The van der Waals surface area contributed by atoms with Gasteiger partial charge >= 0.3 is 5.97 Å². The van der Waals surface area contributed by atoms with Gasteiger partial charge in [0.05, 0.1) is 13.2 Å². The molecule has 0 aromatic heterocycles. The zero-order valence-corrected chi connectivity index (χ0v) is 19.0. The van der Waals surface area contributed by atoms with Crippen LogP contribution < -0.4 is 5.32 Å².